The second-order valence-corrected chi connectivity index (χ2v) is 2.22. The smallest absolute Gasteiger partial charge is 0.155 e. The van der Waals surface area contributed by atoms with Crippen molar-refractivity contribution in [2.75, 3.05) is 20.1 Å². The molecule has 0 amide bonds. The largest absolute Gasteiger partial charge is 0.347 e. The van der Waals surface area contributed by atoms with E-state index in [1.54, 1.807) is 17.1 Å². The van der Waals surface area contributed by atoms with Crippen molar-refractivity contribution in [3.05, 3.63) is 12.4 Å². The van der Waals surface area contributed by atoms with E-state index >= 15 is 0 Å². The van der Waals surface area contributed by atoms with E-state index in [0.717, 1.165) is 0 Å². The molecule has 1 aliphatic rings. The number of hydrogen-bond donors (Lipinski definition) is 0. The van der Waals surface area contributed by atoms with Crippen LogP contribution >= 0.6 is 0 Å². The zero-order chi connectivity index (χ0) is 8.23. The Morgan fingerprint density at radius 2 is 2.42 bits per heavy atom. The van der Waals surface area contributed by atoms with E-state index in [2.05, 4.69) is 15.3 Å². The SMILES string of the molecule is c1cn(C2=NCOCOC2)nn1. The monoisotopic (exact) mass is 168 g/mol. The van der Waals surface area contributed by atoms with Crippen LogP contribution in [0.1, 0.15) is 0 Å². The van der Waals surface area contributed by atoms with Gasteiger partial charge < -0.3 is 9.47 Å². The van der Waals surface area contributed by atoms with Gasteiger partial charge in [-0.25, -0.2) is 9.67 Å². The summed E-state index contributed by atoms with van der Waals surface area (Å²) in [4.78, 5) is 4.10. The summed E-state index contributed by atoms with van der Waals surface area (Å²) in [5, 5.41) is 7.45. The van der Waals surface area contributed by atoms with Gasteiger partial charge >= 0.3 is 0 Å². The van der Waals surface area contributed by atoms with E-state index in [1.807, 2.05) is 0 Å². The molecule has 0 aromatic carbocycles. The Balaban J connectivity index is 2.16. The van der Waals surface area contributed by atoms with Crippen LogP contribution < -0.4 is 0 Å². The normalized spacial score (nSPS) is 18.5. The molecular formula is C6H8N4O2. The van der Waals surface area contributed by atoms with Crippen LogP contribution in [-0.4, -0.2) is 41.0 Å². The summed E-state index contributed by atoms with van der Waals surface area (Å²) in [5.41, 5.74) is 0. The average molecular weight is 168 g/mol. The van der Waals surface area contributed by atoms with E-state index < -0.39 is 0 Å². The number of aromatic nitrogens is 3. The molecule has 0 atom stereocenters. The molecule has 12 heavy (non-hydrogen) atoms. The van der Waals surface area contributed by atoms with Crippen molar-refractivity contribution >= 4 is 5.84 Å². The summed E-state index contributed by atoms with van der Waals surface area (Å²) in [6.07, 6.45) is 3.31. The highest BCUT2D eigenvalue weighted by atomic mass is 16.7. The topological polar surface area (TPSA) is 61.5 Å². The second-order valence-electron chi connectivity index (χ2n) is 2.22. The summed E-state index contributed by atoms with van der Waals surface area (Å²) >= 11 is 0. The van der Waals surface area contributed by atoms with Crippen LogP contribution in [0.5, 0.6) is 0 Å². The first kappa shape index (κ1) is 7.38. The van der Waals surface area contributed by atoms with Gasteiger partial charge in [-0.15, -0.1) is 5.10 Å². The molecule has 0 fully saturated rings. The standard InChI is InChI=1S/C6H8N4O2/c1-2-10(9-8-1)6-3-11-5-12-4-7-6/h1-2H,3-5H2. The molecule has 0 saturated heterocycles. The van der Waals surface area contributed by atoms with E-state index in [-0.39, 0.29) is 6.79 Å². The summed E-state index contributed by atoms with van der Waals surface area (Å²) < 4.78 is 11.6. The molecule has 0 saturated carbocycles. The number of nitrogens with zero attached hydrogens (tertiary/aromatic N) is 4. The highest BCUT2D eigenvalue weighted by Crippen LogP contribution is 1.93. The highest BCUT2D eigenvalue weighted by Gasteiger charge is 2.06. The van der Waals surface area contributed by atoms with Gasteiger partial charge in [-0.05, 0) is 0 Å². The predicted molar refractivity (Wildman–Crippen MR) is 39.6 cm³/mol. The zero-order valence-electron chi connectivity index (χ0n) is 6.38. The Kier molecular flexibility index (Phi) is 2.10. The zero-order valence-corrected chi connectivity index (χ0v) is 6.38. The first-order valence-corrected chi connectivity index (χ1v) is 3.52. The van der Waals surface area contributed by atoms with Gasteiger partial charge in [0, 0.05) is 0 Å². The molecular weight excluding hydrogens is 160 g/mol. The lowest BCUT2D eigenvalue weighted by molar-refractivity contribution is -0.0303. The van der Waals surface area contributed by atoms with Gasteiger partial charge in [-0.3, -0.25) is 0 Å². The highest BCUT2D eigenvalue weighted by molar-refractivity contribution is 5.84. The summed E-state index contributed by atoms with van der Waals surface area (Å²) in [6, 6.07) is 0. The van der Waals surface area contributed by atoms with Crippen molar-refractivity contribution in [3.63, 3.8) is 0 Å². The van der Waals surface area contributed by atoms with Gasteiger partial charge in [-0.1, -0.05) is 5.21 Å². The van der Waals surface area contributed by atoms with E-state index in [9.17, 15) is 0 Å². The molecule has 0 spiro atoms. The fourth-order valence-corrected chi connectivity index (χ4v) is 0.879. The first-order chi connectivity index (χ1) is 5.97. The Hall–Kier alpha value is -1.27. The van der Waals surface area contributed by atoms with Crippen molar-refractivity contribution < 1.29 is 9.47 Å². The molecule has 0 radical (unpaired) electrons. The molecule has 0 unspecified atom stereocenters. The Morgan fingerprint density at radius 3 is 3.25 bits per heavy atom. The third-order valence-electron chi connectivity index (χ3n) is 1.42. The lowest BCUT2D eigenvalue weighted by Gasteiger charge is -2.00. The molecule has 1 aromatic rings. The van der Waals surface area contributed by atoms with Crippen molar-refractivity contribution in [2.24, 2.45) is 4.99 Å². The summed E-state index contributed by atoms with van der Waals surface area (Å²) in [7, 11) is 0. The van der Waals surface area contributed by atoms with Crippen LogP contribution in [-0.2, 0) is 9.47 Å². The minimum atomic E-state index is 0.279. The van der Waals surface area contributed by atoms with E-state index in [1.165, 1.54) is 0 Å². The number of aliphatic imine (C=N–C) groups is 1. The maximum atomic E-state index is 5.09. The third-order valence-corrected chi connectivity index (χ3v) is 1.42. The maximum Gasteiger partial charge on any atom is 0.155 e. The van der Waals surface area contributed by atoms with Crippen LogP contribution in [0.15, 0.2) is 17.4 Å². The summed E-state index contributed by atoms with van der Waals surface area (Å²) in [5.74, 6) is 0.713. The van der Waals surface area contributed by atoms with Crippen molar-refractivity contribution in [1.29, 1.82) is 0 Å². The molecule has 0 bridgehead atoms. The van der Waals surface area contributed by atoms with Crippen LogP contribution in [0.4, 0.5) is 0 Å². The predicted octanol–water partition coefficient (Wildman–Crippen LogP) is -0.514. The van der Waals surface area contributed by atoms with Gasteiger partial charge in [0.1, 0.15) is 20.1 Å². The molecule has 6 heteroatoms. The van der Waals surface area contributed by atoms with Gasteiger partial charge in [0.15, 0.2) is 5.84 Å². The fourth-order valence-electron chi connectivity index (χ4n) is 0.879. The first-order valence-electron chi connectivity index (χ1n) is 3.52. The van der Waals surface area contributed by atoms with Gasteiger partial charge in [0.2, 0.25) is 0 Å². The van der Waals surface area contributed by atoms with E-state index in [0.29, 0.717) is 19.2 Å². The van der Waals surface area contributed by atoms with Gasteiger partial charge in [0.25, 0.3) is 0 Å². The molecule has 0 aliphatic carbocycles. The number of hydrogen-bond acceptors (Lipinski definition) is 5. The third kappa shape index (κ3) is 1.49. The van der Waals surface area contributed by atoms with E-state index in [4.69, 9.17) is 9.47 Å². The molecule has 64 valence electrons. The van der Waals surface area contributed by atoms with Crippen LogP contribution in [0.25, 0.3) is 0 Å². The Bertz CT molecular complexity index is 269. The Labute approximate surface area is 68.8 Å². The molecule has 0 N–H and O–H groups in total. The molecule has 6 nitrogen and oxygen atoms in total. The second kappa shape index (κ2) is 3.42. The van der Waals surface area contributed by atoms with Crippen molar-refractivity contribution in [1.82, 2.24) is 15.0 Å². The van der Waals surface area contributed by atoms with Crippen molar-refractivity contribution in [3.8, 4) is 0 Å². The fraction of sp³-hybridized carbons (Fsp3) is 0.500. The number of ether oxygens (including phenoxy) is 2. The van der Waals surface area contributed by atoms with Crippen molar-refractivity contribution in [2.45, 2.75) is 0 Å². The average Bonchev–Trinajstić information content (AvgIpc) is 2.48. The minimum absolute atomic E-state index is 0.279. The molecule has 1 aliphatic heterocycles. The lowest BCUT2D eigenvalue weighted by atomic mass is 10.6. The number of rotatable bonds is 0. The summed E-state index contributed by atoms with van der Waals surface area (Å²) in [6.45, 7) is 1.00. The lowest BCUT2D eigenvalue weighted by Crippen LogP contribution is -2.18. The Morgan fingerprint density at radius 1 is 1.42 bits per heavy atom. The quantitative estimate of drug-likeness (QED) is 0.523. The van der Waals surface area contributed by atoms with Gasteiger partial charge in [-0.2, -0.15) is 0 Å². The molecule has 1 aromatic heterocycles. The maximum absolute atomic E-state index is 5.09. The van der Waals surface area contributed by atoms with Gasteiger partial charge in [0.05, 0.1) is 12.4 Å². The molecule has 2 rings (SSSR count). The van der Waals surface area contributed by atoms with Crippen LogP contribution in [0.2, 0.25) is 0 Å². The van der Waals surface area contributed by atoms with Crippen LogP contribution in [0.3, 0.4) is 0 Å². The van der Waals surface area contributed by atoms with Crippen LogP contribution in [0, 0.1) is 0 Å². The minimum Gasteiger partial charge on any atom is -0.347 e. The molecule has 2 heterocycles.